The van der Waals surface area contributed by atoms with Gasteiger partial charge in [-0.1, -0.05) is 11.3 Å². The Hall–Kier alpha value is -2.28. The Morgan fingerprint density at radius 3 is 2.65 bits per heavy atom. The summed E-state index contributed by atoms with van der Waals surface area (Å²) in [6, 6.07) is 3.99. The highest BCUT2D eigenvalue weighted by molar-refractivity contribution is 7.17. The number of nitrogens with zero attached hydrogens (tertiary/aromatic N) is 2. The Labute approximate surface area is 139 Å². The molecule has 0 fully saturated rings. The molecule has 1 amide bonds. The fourth-order valence-electron chi connectivity index (χ4n) is 1.93. The van der Waals surface area contributed by atoms with Crippen LogP contribution in [0.15, 0.2) is 24.5 Å². The predicted octanol–water partition coefficient (Wildman–Crippen LogP) is 2.25. The number of nitrogens with one attached hydrogen (secondary N) is 1. The summed E-state index contributed by atoms with van der Waals surface area (Å²) in [5.74, 6) is -0.541. The molecule has 0 unspecified atom stereocenters. The fourth-order valence-corrected chi connectivity index (χ4v) is 2.81. The van der Waals surface area contributed by atoms with Gasteiger partial charge in [-0.3, -0.25) is 4.79 Å². The van der Waals surface area contributed by atoms with Gasteiger partial charge < -0.3 is 10.1 Å². The number of thiazole rings is 1. The van der Waals surface area contributed by atoms with E-state index in [1.165, 1.54) is 5.56 Å². The lowest BCUT2D eigenvalue weighted by atomic mass is 10.3. The molecule has 23 heavy (non-hydrogen) atoms. The summed E-state index contributed by atoms with van der Waals surface area (Å²) in [5.41, 5.74) is 1.74. The van der Waals surface area contributed by atoms with Gasteiger partial charge in [-0.2, -0.15) is 0 Å². The number of hydrogen-bond acceptors (Lipinski definition) is 5. The van der Waals surface area contributed by atoms with E-state index in [2.05, 4.69) is 10.3 Å². The lowest BCUT2D eigenvalue weighted by Gasteiger charge is -2.00. The van der Waals surface area contributed by atoms with E-state index in [9.17, 15) is 9.59 Å². The predicted molar refractivity (Wildman–Crippen MR) is 87.4 cm³/mol. The molecule has 0 radical (unpaired) electrons. The van der Waals surface area contributed by atoms with Gasteiger partial charge >= 0.3 is 5.97 Å². The highest BCUT2D eigenvalue weighted by atomic mass is 32.1. The van der Waals surface area contributed by atoms with Gasteiger partial charge in [0.2, 0.25) is 5.91 Å². The van der Waals surface area contributed by atoms with Crippen LogP contribution < -0.4 is 9.88 Å². The smallest absolute Gasteiger partial charge is 0.350 e. The van der Waals surface area contributed by atoms with Crippen molar-refractivity contribution in [2.24, 2.45) is 0 Å². The van der Waals surface area contributed by atoms with Crippen molar-refractivity contribution in [3.8, 4) is 0 Å². The lowest BCUT2D eigenvalue weighted by Crippen LogP contribution is -2.34. The van der Waals surface area contributed by atoms with Crippen LogP contribution in [0.5, 0.6) is 0 Å². The Morgan fingerprint density at radius 2 is 2.00 bits per heavy atom. The number of ether oxygens (including phenoxy) is 1. The van der Waals surface area contributed by atoms with Gasteiger partial charge in [-0.15, -0.1) is 0 Å². The van der Waals surface area contributed by atoms with Crippen LogP contribution in [-0.2, 0) is 16.1 Å². The maximum Gasteiger partial charge on any atom is 0.350 e. The molecule has 7 heteroatoms. The minimum Gasteiger partial charge on any atom is -0.462 e. The second-order valence-electron chi connectivity index (χ2n) is 5.07. The maximum absolute atomic E-state index is 12.0. The molecular formula is C16H20N3O3S+. The monoisotopic (exact) mass is 334 g/mol. The molecule has 0 spiro atoms. The summed E-state index contributed by atoms with van der Waals surface area (Å²) in [6.45, 7) is 6.38. The van der Waals surface area contributed by atoms with Gasteiger partial charge in [0.25, 0.3) is 0 Å². The van der Waals surface area contributed by atoms with E-state index in [-0.39, 0.29) is 5.91 Å². The zero-order chi connectivity index (χ0) is 16.8. The van der Waals surface area contributed by atoms with Crippen molar-refractivity contribution in [1.29, 1.82) is 0 Å². The minimum atomic E-state index is -0.404. The number of amides is 1. The third-order valence-corrected chi connectivity index (χ3v) is 4.21. The first-order valence-corrected chi connectivity index (χ1v) is 8.21. The van der Waals surface area contributed by atoms with Crippen LogP contribution in [0.2, 0.25) is 0 Å². The largest absolute Gasteiger partial charge is 0.462 e. The van der Waals surface area contributed by atoms with E-state index < -0.39 is 5.97 Å². The van der Waals surface area contributed by atoms with Crippen molar-refractivity contribution in [3.63, 3.8) is 0 Å². The molecule has 0 aliphatic carbocycles. The average molecular weight is 334 g/mol. The number of rotatable bonds is 6. The van der Waals surface area contributed by atoms with Crippen molar-refractivity contribution in [2.45, 2.75) is 33.7 Å². The Morgan fingerprint density at radius 1 is 1.30 bits per heavy atom. The van der Waals surface area contributed by atoms with E-state index in [0.29, 0.717) is 35.3 Å². The molecule has 2 rings (SSSR count). The SMILES string of the molecule is CCOC(=O)c1sc(NC(=O)CC[n+]2ccc(C)cc2)nc1C. The van der Waals surface area contributed by atoms with Gasteiger partial charge in [-0.25, -0.2) is 14.3 Å². The molecule has 6 nitrogen and oxygen atoms in total. The van der Waals surface area contributed by atoms with Crippen LogP contribution in [0.25, 0.3) is 0 Å². The fraction of sp³-hybridized carbons (Fsp3) is 0.375. The molecular weight excluding hydrogens is 314 g/mol. The van der Waals surface area contributed by atoms with Crippen molar-refractivity contribution in [1.82, 2.24) is 4.98 Å². The molecule has 0 saturated carbocycles. The summed E-state index contributed by atoms with van der Waals surface area (Å²) >= 11 is 1.14. The van der Waals surface area contributed by atoms with Gasteiger partial charge in [-0.05, 0) is 26.3 Å². The first-order valence-electron chi connectivity index (χ1n) is 7.39. The third-order valence-electron chi connectivity index (χ3n) is 3.16. The number of aromatic nitrogens is 2. The van der Waals surface area contributed by atoms with E-state index >= 15 is 0 Å². The minimum absolute atomic E-state index is 0.137. The summed E-state index contributed by atoms with van der Waals surface area (Å²) in [5, 5.41) is 3.15. The van der Waals surface area contributed by atoms with E-state index in [1.54, 1.807) is 13.8 Å². The highest BCUT2D eigenvalue weighted by Crippen LogP contribution is 2.23. The standard InChI is InChI=1S/C16H19N3O3S/c1-4-22-15(21)14-12(3)17-16(23-14)18-13(20)7-10-19-8-5-11(2)6-9-19/h5-6,8-9H,4,7,10H2,1-3H3/p+1. The van der Waals surface area contributed by atoms with E-state index in [1.807, 2.05) is 36.0 Å². The number of hydrogen-bond donors (Lipinski definition) is 1. The van der Waals surface area contributed by atoms with E-state index in [4.69, 9.17) is 4.74 Å². The lowest BCUT2D eigenvalue weighted by molar-refractivity contribution is -0.695. The molecule has 2 heterocycles. The normalized spacial score (nSPS) is 10.4. The first-order chi connectivity index (χ1) is 11.0. The quantitative estimate of drug-likeness (QED) is 0.650. The highest BCUT2D eigenvalue weighted by Gasteiger charge is 2.17. The summed E-state index contributed by atoms with van der Waals surface area (Å²) in [7, 11) is 0. The van der Waals surface area contributed by atoms with Crippen LogP contribution in [0.1, 0.15) is 34.3 Å². The second kappa shape index (κ2) is 7.82. The molecule has 2 aromatic rings. The van der Waals surface area contributed by atoms with Crippen molar-refractivity contribution in [2.75, 3.05) is 11.9 Å². The number of carbonyl (C=O) groups excluding carboxylic acids is 2. The van der Waals surface area contributed by atoms with Crippen LogP contribution >= 0.6 is 11.3 Å². The van der Waals surface area contributed by atoms with Gasteiger partial charge in [0.15, 0.2) is 24.1 Å². The summed E-state index contributed by atoms with van der Waals surface area (Å²) in [6.07, 6.45) is 4.21. The molecule has 0 bridgehead atoms. The first kappa shape index (κ1) is 17.1. The molecule has 0 atom stereocenters. The second-order valence-corrected chi connectivity index (χ2v) is 6.06. The summed E-state index contributed by atoms with van der Waals surface area (Å²) < 4.78 is 6.91. The molecule has 0 aromatic carbocycles. The number of aryl methyl sites for hydroxylation is 3. The zero-order valence-corrected chi connectivity index (χ0v) is 14.3. The van der Waals surface area contributed by atoms with Crippen molar-refractivity contribution >= 4 is 28.3 Å². The van der Waals surface area contributed by atoms with E-state index in [0.717, 1.165) is 11.3 Å². The third kappa shape index (κ3) is 4.85. The molecule has 0 aliphatic rings. The maximum atomic E-state index is 12.0. The Bertz CT molecular complexity index is 695. The van der Waals surface area contributed by atoms with Crippen LogP contribution in [0.3, 0.4) is 0 Å². The van der Waals surface area contributed by atoms with Crippen molar-refractivity contribution in [3.05, 3.63) is 40.7 Å². The molecule has 1 N–H and O–H groups in total. The molecule has 0 aliphatic heterocycles. The summed E-state index contributed by atoms with van der Waals surface area (Å²) in [4.78, 5) is 28.4. The zero-order valence-electron chi connectivity index (χ0n) is 13.5. The number of pyridine rings is 1. The number of anilines is 1. The number of esters is 1. The molecule has 0 saturated heterocycles. The Balaban J connectivity index is 1.91. The average Bonchev–Trinajstić information content (AvgIpc) is 2.87. The Kier molecular flexibility index (Phi) is 5.81. The van der Waals surface area contributed by atoms with Gasteiger partial charge in [0.05, 0.1) is 18.7 Å². The number of carbonyl (C=O) groups is 2. The van der Waals surface area contributed by atoms with Crippen molar-refractivity contribution < 1.29 is 18.9 Å². The van der Waals surface area contributed by atoms with Crippen LogP contribution in [-0.4, -0.2) is 23.5 Å². The van der Waals surface area contributed by atoms with Crippen LogP contribution in [0.4, 0.5) is 5.13 Å². The van der Waals surface area contributed by atoms with Gasteiger partial charge in [0, 0.05) is 12.1 Å². The topological polar surface area (TPSA) is 72.2 Å². The molecule has 2 aromatic heterocycles. The van der Waals surface area contributed by atoms with Gasteiger partial charge in [0.1, 0.15) is 4.88 Å². The molecule has 122 valence electrons. The van der Waals surface area contributed by atoms with Crippen LogP contribution in [0, 0.1) is 13.8 Å².